The normalized spacial score (nSPS) is 20.2. The first-order chi connectivity index (χ1) is 9.08. The van der Waals surface area contributed by atoms with Gasteiger partial charge in [0.25, 0.3) is 0 Å². The van der Waals surface area contributed by atoms with E-state index in [1.807, 2.05) is 17.8 Å². The minimum Gasteiger partial charge on any atom is -0.377 e. The van der Waals surface area contributed by atoms with Crippen LogP contribution in [0.4, 0.5) is 5.69 Å². The van der Waals surface area contributed by atoms with E-state index in [-0.39, 0.29) is 0 Å². The number of morpholine rings is 1. The van der Waals surface area contributed by atoms with Gasteiger partial charge in [0.15, 0.2) is 0 Å². The molecular formula is C12H14ClIN4O. The number of anilines is 1. The summed E-state index contributed by atoms with van der Waals surface area (Å²) in [5, 5.41) is 4.94. The zero-order valence-corrected chi connectivity index (χ0v) is 13.6. The largest absolute Gasteiger partial charge is 0.377 e. The zero-order valence-electron chi connectivity index (χ0n) is 10.7. The number of rotatable bonds is 1. The molecule has 1 aliphatic heterocycles. The van der Waals surface area contributed by atoms with Gasteiger partial charge in [-0.25, -0.2) is 4.98 Å². The average molecular weight is 393 g/mol. The Hall–Kier alpha value is -0.600. The first-order valence-corrected chi connectivity index (χ1v) is 7.56. The van der Waals surface area contributed by atoms with E-state index >= 15 is 0 Å². The number of halogens is 2. The van der Waals surface area contributed by atoms with Gasteiger partial charge >= 0.3 is 0 Å². The standard InChI is InChI=1S/C12H14ClIN4O/c1-7-6-19-4-3-18(7)8-5-9(13)15-10-11(8)17(2)16-12(10)14/h5,7H,3-4,6H2,1-2H3/t7-/m1/s1. The lowest BCUT2D eigenvalue weighted by Gasteiger charge is -2.35. The third-order valence-electron chi connectivity index (χ3n) is 3.38. The molecule has 2 aromatic rings. The molecule has 0 radical (unpaired) electrons. The number of aromatic nitrogens is 3. The van der Waals surface area contributed by atoms with Crippen LogP contribution in [0.5, 0.6) is 0 Å². The van der Waals surface area contributed by atoms with Gasteiger partial charge in [-0.15, -0.1) is 0 Å². The Morgan fingerprint density at radius 3 is 3.05 bits per heavy atom. The van der Waals surface area contributed by atoms with Crippen molar-refractivity contribution >= 4 is 50.9 Å². The molecule has 1 saturated heterocycles. The minimum atomic E-state index is 0.322. The molecule has 102 valence electrons. The first kappa shape index (κ1) is 13.4. The van der Waals surface area contributed by atoms with Crippen molar-refractivity contribution in [2.45, 2.75) is 13.0 Å². The van der Waals surface area contributed by atoms with E-state index in [4.69, 9.17) is 16.3 Å². The number of hydrogen-bond donors (Lipinski definition) is 0. The van der Waals surface area contributed by atoms with E-state index in [1.54, 1.807) is 0 Å². The number of hydrogen-bond acceptors (Lipinski definition) is 4. The Kier molecular flexibility index (Phi) is 3.57. The molecule has 0 bridgehead atoms. The van der Waals surface area contributed by atoms with Crippen LogP contribution in [0.2, 0.25) is 5.15 Å². The molecule has 1 fully saturated rings. The van der Waals surface area contributed by atoms with E-state index in [0.29, 0.717) is 11.2 Å². The summed E-state index contributed by atoms with van der Waals surface area (Å²) in [6.07, 6.45) is 0. The maximum atomic E-state index is 6.16. The van der Waals surface area contributed by atoms with E-state index in [2.05, 4.69) is 44.5 Å². The van der Waals surface area contributed by atoms with E-state index < -0.39 is 0 Å². The smallest absolute Gasteiger partial charge is 0.149 e. The van der Waals surface area contributed by atoms with Gasteiger partial charge in [-0.1, -0.05) is 11.6 Å². The van der Waals surface area contributed by atoms with E-state index in [9.17, 15) is 0 Å². The maximum Gasteiger partial charge on any atom is 0.149 e. The fraction of sp³-hybridized carbons (Fsp3) is 0.500. The van der Waals surface area contributed by atoms with Crippen molar-refractivity contribution in [3.63, 3.8) is 0 Å². The first-order valence-electron chi connectivity index (χ1n) is 6.11. The molecule has 1 atom stereocenters. The lowest BCUT2D eigenvalue weighted by atomic mass is 10.2. The second kappa shape index (κ2) is 5.06. The Bertz CT molecular complexity index is 630. The molecule has 0 saturated carbocycles. The molecule has 0 aliphatic carbocycles. The van der Waals surface area contributed by atoms with Crippen LogP contribution in [-0.4, -0.2) is 40.6 Å². The predicted octanol–water partition coefficient (Wildman–Crippen LogP) is 2.45. The highest BCUT2D eigenvalue weighted by Crippen LogP contribution is 2.32. The minimum absolute atomic E-state index is 0.322. The van der Waals surface area contributed by atoms with Gasteiger partial charge < -0.3 is 9.64 Å². The van der Waals surface area contributed by atoms with Crippen LogP contribution in [0.3, 0.4) is 0 Å². The van der Waals surface area contributed by atoms with Crippen LogP contribution < -0.4 is 4.90 Å². The van der Waals surface area contributed by atoms with Gasteiger partial charge in [-0.3, -0.25) is 4.68 Å². The highest BCUT2D eigenvalue weighted by molar-refractivity contribution is 14.1. The topological polar surface area (TPSA) is 43.2 Å². The summed E-state index contributed by atoms with van der Waals surface area (Å²) in [7, 11) is 1.94. The third-order valence-corrected chi connectivity index (χ3v) is 4.30. The Labute approximate surface area is 130 Å². The second-order valence-electron chi connectivity index (χ2n) is 4.69. The Balaban J connectivity index is 2.21. The van der Waals surface area contributed by atoms with Crippen LogP contribution in [-0.2, 0) is 11.8 Å². The molecule has 0 amide bonds. The SMILES string of the molecule is C[C@@H]1COCCN1c1cc(Cl)nc2c(I)nn(C)c12. The molecule has 3 heterocycles. The highest BCUT2D eigenvalue weighted by atomic mass is 127. The molecule has 1 aliphatic rings. The average Bonchev–Trinajstić information content (AvgIpc) is 2.65. The van der Waals surface area contributed by atoms with Gasteiger partial charge in [0, 0.05) is 25.7 Å². The summed E-state index contributed by atoms with van der Waals surface area (Å²) < 4.78 is 8.24. The third kappa shape index (κ3) is 2.30. The van der Waals surface area contributed by atoms with Gasteiger partial charge in [0.05, 0.1) is 18.9 Å². The summed E-state index contributed by atoms with van der Waals surface area (Å²) in [5.41, 5.74) is 2.98. The number of fused-ring (bicyclic) bond motifs is 1. The van der Waals surface area contributed by atoms with Crippen LogP contribution in [0, 0.1) is 3.70 Å². The van der Waals surface area contributed by atoms with Gasteiger partial charge in [0.1, 0.15) is 19.9 Å². The lowest BCUT2D eigenvalue weighted by molar-refractivity contribution is 0.0990. The fourth-order valence-corrected chi connectivity index (χ4v) is 3.38. The van der Waals surface area contributed by atoms with E-state index in [0.717, 1.165) is 40.2 Å². The van der Waals surface area contributed by atoms with Crippen LogP contribution in [0.15, 0.2) is 6.07 Å². The quantitative estimate of drug-likeness (QED) is 0.552. The number of pyridine rings is 1. The molecule has 19 heavy (non-hydrogen) atoms. The lowest BCUT2D eigenvalue weighted by Crippen LogP contribution is -2.43. The van der Waals surface area contributed by atoms with Crippen molar-refractivity contribution in [3.05, 3.63) is 14.9 Å². The van der Waals surface area contributed by atoms with Crippen LogP contribution in [0.1, 0.15) is 6.92 Å². The van der Waals surface area contributed by atoms with Crippen molar-refractivity contribution in [3.8, 4) is 0 Å². The van der Waals surface area contributed by atoms with Crippen LogP contribution in [0.25, 0.3) is 11.0 Å². The molecule has 0 N–H and O–H groups in total. The summed E-state index contributed by atoms with van der Waals surface area (Å²) >= 11 is 8.35. The highest BCUT2D eigenvalue weighted by Gasteiger charge is 2.24. The van der Waals surface area contributed by atoms with Gasteiger partial charge in [-0.2, -0.15) is 5.10 Å². The summed E-state index contributed by atoms with van der Waals surface area (Å²) in [6.45, 7) is 4.48. The molecule has 0 unspecified atom stereocenters. The maximum absolute atomic E-state index is 6.16. The molecule has 2 aromatic heterocycles. The predicted molar refractivity (Wildman–Crippen MR) is 83.9 cm³/mol. The fourth-order valence-electron chi connectivity index (χ4n) is 2.49. The number of nitrogens with zero attached hydrogens (tertiary/aromatic N) is 4. The molecule has 3 rings (SSSR count). The number of ether oxygens (including phenoxy) is 1. The molecule has 0 spiro atoms. The molecule has 5 nitrogen and oxygen atoms in total. The van der Waals surface area contributed by atoms with Crippen molar-refractivity contribution in [1.29, 1.82) is 0 Å². The van der Waals surface area contributed by atoms with Gasteiger partial charge in [-0.05, 0) is 29.5 Å². The Morgan fingerprint density at radius 1 is 1.53 bits per heavy atom. The zero-order chi connectivity index (χ0) is 13.6. The van der Waals surface area contributed by atoms with Gasteiger partial charge in [0.2, 0.25) is 0 Å². The molecule has 0 aromatic carbocycles. The molecular weight excluding hydrogens is 379 g/mol. The monoisotopic (exact) mass is 392 g/mol. The summed E-state index contributed by atoms with van der Waals surface area (Å²) in [6, 6.07) is 2.24. The van der Waals surface area contributed by atoms with Crippen molar-refractivity contribution in [2.75, 3.05) is 24.7 Å². The summed E-state index contributed by atoms with van der Waals surface area (Å²) in [4.78, 5) is 6.71. The van der Waals surface area contributed by atoms with Crippen molar-refractivity contribution in [2.24, 2.45) is 7.05 Å². The second-order valence-corrected chi connectivity index (χ2v) is 6.10. The van der Waals surface area contributed by atoms with Crippen LogP contribution >= 0.6 is 34.2 Å². The van der Waals surface area contributed by atoms with E-state index in [1.165, 1.54) is 0 Å². The summed E-state index contributed by atoms with van der Waals surface area (Å²) in [5.74, 6) is 0. The van der Waals surface area contributed by atoms with Crippen molar-refractivity contribution in [1.82, 2.24) is 14.8 Å². The Morgan fingerprint density at radius 2 is 2.32 bits per heavy atom. The van der Waals surface area contributed by atoms with Crippen molar-refractivity contribution < 1.29 is 4.74 Å². The molecule has 7 heteroatoms. The number of aryl methyl sites for hydroxylation is 1.